The Morgan fingerprint density at radius 3 is 2.54 bits per heavy atom. The number of anilines is 1. The summed E-state index contributed by atoms with van der Waals surface area (Å²) in [5, 5.41) is 3.40. The highest BCUT2D eigenvalue weighted by molar-refractivity contribution is 5.94. The second-order valence-corrected chi connectivity index (χ2v) is 6.68. The summed E-state index contributed by atoms with van der Waals surface area (Å²) in [5.41, 5.74) is 9.11. The lowest BCUT2D eigenvalue weighted by Crippen LogP contribution is -2.29. The molecule has 4 aromatic rings. The van der Waals surface area contributed by atoms with E-state index < -0.39 is 0 Å². The average Bonchev–Trinajstić information content (AvgIpc) is 3.21. The van der Waals surface area contributed by atoms with E-state index in [0.717, 1.165) is 22.5 Å². The summed E-state index contributed by atoms with van der Waals surface area (Å²) < 4.78 is 2.04. The third-order valence-electron chi connectivity index (χ3n) is 4.71. The normalized spacial score (nSPS) is 10.8. The number of pyridine rings is 1. The van der Waals surface area contributed by atoms with Crippen LogP contribution < -0.4 is 16.6 Å². The SMILES string of the molecule is Cc1ccc(-c2cc(CNc3ccc(C(=O)NN)cc3)c3nccn3c2)cc1. The largest absolute Gasteiger partial charge is 0.381 e. The van der Waals surface area contributed by atoms with Crippen molar-refractivity contribution in [1.29, 1.82) is 0 Å². The molecule has 4 rings (SSSR count). The molecule has 6 heteroatoms. The maximum atomic E-state index is 11.5. The van der Waals surface area contributed by atoms with Crippen molar-refractivity contribution < 1.29 is 4.79 Å². The molecule has 0 aliphatic rings. The summed E-state index contributed by atoms with van der Waals surface area (Å²) in [6, 6.07) is 17.8. The number of nitrogens with two attached hydrogens (primary N) is 1. The molecule has 2 heterocycles. The third kappa shape index (κ3) is 3.58. The number of hydrazine groups is 1. The van der Waals surface area contributed by atoms with Crippen LogP contribution in [0.25, 0.3) is 16.8 Å². The molecule has 0 radical (unpaired) electrons. The Morgan fingerprint density at radius 2 is 1.82 bits per heavy atom. The van der Waals surface area contributed by atoms with Crippen molar-refractivity contribution in [3.63, 3.8) is 0 Å². The van der Waals surface area contributed by atoms with E-state index in [0.29, 0.717) is 12.1 Å². The van der Waals surface area contributed by atoms with Gasteiger partial charge in [-0.1, -0.05) is 29.8 Å². The van der Waals surface area contributed by atoms with Crippen molar-refractivity contribution in [1.82, 2.24) is 14.8 Å². The number of rotatable bonds is 5. The monoisotopic (exact) mass is 371 g/mol. The van der Waals surface area contributed by atoms with E-state index in [-0.39, 0.29) is 5.91 Å². The fraction of sp³-hybridized carbons (Fsp3) is 0.0909. The molecule has 0 aliphatic heterocycles. The second kappa shape index (κ2) is 7.54. The van der Waals surface area contributed by atoms with Crippen molar-refractivity contribution in [2.45, 2.75) is 13.5 Å². The first kappa shape index (κ1) is 17.8. The molecular formula is C22H21N5O. The maximum absolute atomic E-state index is 11.5. The van der Waals surface area contributed by atoms with Crippen LogP contribution in [0.2, 0.25) is 0 Å². The number of hydrogen-bond acceptors (Lipinski definition) is 4. The Bertz CT molecular complexity index is 1110. The van der Waals surface area contributed by atoms with Crippen LogP contribution in [0.5, 0.6) is 0 Å². The number of fused-ring (bicyclic) bond motifs is 1. The molecule has 0 aliphatic carbocycles. The van der Waals surface area contributed by atoms with Crippen LogP contribution >= 0.6 is 0 Å². The number of carbonyl (C=O) groups is 1. The van der Waals surface area contributed by atoms with Crippen LogP contribution in [0.15, 0.2) is 73.2 Å². The van der Waals surface area contributed by atoms with Crippen LogP contribution in [0, 0.1) is 6.92 Å². The summed E-state index contributed by atoms with van der Waals surface area (Å²) in [7, 11) is 0. The van der Waals surface area contributed by atoms with Crippen LogP contribution in [-0.2, 0) is 6.54 Å². The van der Waals surface area contributed by atoms with Gasteiger partial charge in [-0.3, -0.25) is 10.2 Å². The van der Waals surface area contributed by atoms with E-state index >= 15 is 0 Å². The zero-order valence-electron chi connectivity index (χ0n) is 15.5. The summed E-state index contributed by atoms with van der Waals surface area (Å²) >= 11 is 0. The predicted octanol–water partition coefficient (Wildman–Crippen LogP) is 3.53. The minimum atomic E-state index is -0.309. The molecule has 0 fully saturated rings. The minimum Gasteiger partial charge on any atom is -0.381 e. The molecular weight excluding hydrogens is 350 g/mol. The number of aromatic nitrogens is 2. The van der Waals surface area contributed by atoms with Crippen LogP contribution in [0.4, 0.5) is 5.69 Å². The lowest BCUT2D eigenvalue weighted by molar-refractivity contribution is 0.0953. The Balaban J connectivity index is 1.60. The zero-order valence-corrected chi connectivity index (χ0v) is 15.5. The smallest absolute Gasteiger partial charge is 0.265 e. The van der Waals surface area contributed by atoms with Crippen molar-refractivity contribution >= 4 is 17.2 Å². The van der Waals surface area contributed by atoms with Crippen molar-refractivity contribution in [2.24, 2.45) is 5.84 Å². The van der Waals surface area contributed by atoms with Gasteiger partial charge in [0.1, 0.15) is 5.65 Å². The van der Waals surface area contributed by atoms with Crippen LogP contribution in [0.3, 0.4) is 0 Å². The highest BCUT2D eigenvalue weighted by Crippen LogP contribution is 2.24. The lowest BCUT2D eigenvalue weighted by Gasteiger charge is -2.11. The van der Waals surface area contributed by atoms with Gasteiger partial charge in [0.25, 0.3) is 5.91 Å². The molecule has 0 bridgehead atoms. The molecule has 1 amide bonds. The number of benzene rings is 2. The molecule has 0 unspecified atom stereocenters. The number of nitrogens with zero attached hydrogens (tertiary/aromatic N) is 2. The summed E-state index contributed by atoms with van der Waals surface area (Å²) in [6.07, 6.45) is 5.85. The van der Waals surface area contributed by atoms with E-state index in [4.69, 9.17) is 5.84 Å². The van der Waals surface area contributed by atoms with Gasteiger partial charge in [0, 0.05) is 41.9 Å². The summed E-state index contributed by atoms with van der Waals surface area (Å²) in [6.45, 7) is 2.70. The van der Waals surface area contributed by atoms with E-state index in [1.165, 1.54) is 11.1 Å². The van der Waals surface area contributed by atoms with Crippen molar-refractivity contribution in [3.8, 4) is 11.1 Å². The highest BCUT2D eigenvalue weighted by Gasteiger charge is 2.08. The van der Waals surface area contributed by atoms with Crippen molar-refractivity contribution in [3.05, 3.63) is 89.9 Å². The zero-order chi connectivity index (χ0) is 19.5. The van der Waals surface area contributed by atoms with Crippen LogP contribution in [-0.4, -0.2) is 15.3 Å². The molecule has 140 valence electrons. The third-order valence-corrected chi connectivity index (χ3v) is 4.71. The molecule has 0 atom stereocenters. The fourth-order valence-electron chi connectivity index (χ4n) is 3.16. The van der Waals surface area contributed by atoms with Gasteiger partial charge in [-0.25, -0.2) is 10.8 Å². The van der Waals surface area contributed by atoms with Gasteiger partial charge in [0.15, 0.2) is 0 Å². The van der Waals surface area contributed by atoms with Gasteiger partial charge < -0.3 is 9.72 Å². The predicted molar refractivity (Wildman–Crippen MR) is 111 cm³/mol. The quantitative estimate of drug-likeness (QED) is 0.285. The Hall–Kier alpha value is -3.64. The minimum absolute atomic E-state index is 0.309. The van der Waals surface area contributed by atoms with Gasteiger partial charge in [-0.15, -0.1) is 0 Å². The molecule has 6 nitrogen and oxygen atoms in total. The molecule has 0 saturated heterocycles. The standard InChI is InChI=1S/C22H21N5O/c1-15-2-4-16(5-3-15)19-12-18(21-24-10-11-27(21)14-19)13-25-20-8-6-17(7-9-20)22(28)26-23/h2-12,14,25H,13,23H2,1H3,(H,26,28). The molecule has 28 heavy (non-hydrogen) atoms. The highest BCUT2D eigenvalue weighted by atomic mass is 16.2. The van der Waals surface area contributed by atoms with E-state index in [2.05, 4.69) is 59.2 Å². The first-order valence-electron chi connectivity index (χ1n) is 9.01. The first-order valence-corrected chi connectivity index (χ1v) is 9.01. The van der Waals surface area contributed by atoms with Crippen molar-refractivity contribution in [2.75, 3.05) is 5.32 Å². The number of imidazole rings is 1. The lowest BCUT2D eigenvalue weighted by atomic mass is 10.0. The van der Waals surface area contributed by atoms with E-state index in [9.17, 15) is 4.79 Å². The molecule has 2 aromatic heterocycles. The van der Waals surface area contributed by atoms with Gasteiger partial charge in [0.05, 0.1) is 0 Å². The second-order valence-electron chi connectivity index (χ2n) is 6.68. The molecule has 0 saturated carbocycles. The Morgan fingerprint density at radius 1 is 1.07 bits per heavy atom. The van der Waals surface area contributed by atoms with E-state index in [1.807, 2.05) is 22.7 Å². The van der Waals surface area contributed by atoms with Gasteiger partial charge in [-0.05, 0) is 48.4 Å². The Labute approximate surface area is 163 Å². The number of aryl methyl sites for hydroxylation is 1. The number of amides is 1. The molecule has 2 aromatic carbocycles. The van der Waals surface area contributed by atoms with E-state index in [1.54, 1.807) is 18.3 Å². The van der Waals surface area contributed by atoms with Gasteiger partial charge in [-0.2, -0.15) is 0 Å². The summed E-state index contributed by atoms with van der Waals surface area (Å²) in [5.74, 6) is 4.86. The average molecular weight is 371 g/mol. The number of carbonyl (C=O) groups excluding carboxylic acids is 1. The first-order chi connectivity index (χ1) is 13.6. The number of hydrogen-bond donors (Lipinski definition) is 3. The maximum Gasteiger partial charge on any atom is 0.265 e. The number of nitrogens with one attached hydrogen (secondary N) is 2. The molecule has 4 N–H and O–H groups in total. The number of nitrogen functional groups attached to an aromatic ring is 1. The molecule has 0 spiro atoms. The van der Waals surface area contributed by atoms with Gasteiger partial charge >= 0.3 is 0 Å². The summed E-state index contributed by atoms with van der Waals surface area (Å²) in [4.78, 5) is 16.0. The Kier molecular flexibility index (Phi) is 4.78. The fourth-order valence-corrected chi connectivity index (χ4v) is 3.16. The topological polar surface area (TPSA) is 84.5 Å². The van der Waals surface area contributed by atoms with Crippen LogP contribution in [0.1, 0.15) is 21.5 Å². The van der Waals surface area contributed by atoms with Gasteiger partial charge in [0.2, 0.25) is 0 Å².